The summed E-state index contributed by atoms with van der Waals surface area (Å²) in [6.07, 6.45) is 2.73. The number of thiazole rings is 1. The molecule has 0 spiro atoms. The van der Waals surface area contributed by atoms with Gasteiger partial charge in [-0.15, -0.1) is 11.3 Å². The van der Waals surface area contributed by atoms with Crippen LogP contribution in [0.3, 0.4) is 0 Å². The Bertz CT molecular complexity index is 876. The van der Waals surface area contributed by atoms with Gasteiger partial charge < -0.3 is 4.90 Å². The quantitative estimate of drug-likeness (QED) is 0.864. The van der Waals surface area contributed by atoms with Crippen molar-refractivity contribution in [3.8, 4) is 0 Å². The van der Waals surface area contributed by atoms with Crippen molar-refractivity contribution in [3.63, 3.8) is 0 Å². The lowest BCUT2D eigenvalue weighted by Gasteiger charge is -2.29. The van der Waals surface area contributed by atoms with Crippen molar-refractivity contribution in [1.29, 1.82) is 0 Å². The van der Waals surface area contributed by atoms with Crippen LogP contribution in [0.25, 0.3) is 0 Å². The summed E-state index contributed by atoms with van der Waals surface area (Å²) in [5.74, 6) is 0. The van der Waals surface area contributed by atoms with Crippen LogP contribution in [0, 0.1) is 6.92 Å². The topological polar surface area (TPSA) is 62.3 Å². The Hall–Kier alpha value is -1.44. The maximum atomic E-state index is 13.0. The molecule has 2 aromatic rings. The summed E-state index contributed by atoms with van der Waals surface area (Å²) in [4.78, 5) is 6.94. The third kappa shape index (κ3) is 3.59. The van der Waals surface area contributed by atoms with E-state index in [2.05, 4.69) is 14.6 Å². The SMILES string of the molecule is CCC(C)(NS(=O)(=O)c1ccc2c(c1)N(C)CCC2)c1nc(C)cs1. The smallest absolute Gasteiger partial charge is 0.241 e. The molecule has 1 atom stereocenters. The molecule has 5 nitrogen and oxygen atoms in total. The zero-order valence-electron chi connectivity index (χ0n) is 15.2. The zero-order valence-corrected chi connectivity index (χ0v) is 16.8. The maximum absolute atomic E-state index is 13.0. The minimum atomic E-state index is -3.64. The Morgan fingerprint density at radius 1 is 1.40 bits per heavy atom. The molecular formula is C18H25N3O2S2. The molecule has 136 valence electrons. The number of nitrogens with one attached hydrogen (secondary N) is 1. The summed E-state index contributed by atoms with van der Waals surface area (Å²) in [5, 5.41) is 2.75. The molecule has 1 aromatic carbocycles. The number of aryl methyl sites for hydroxylation is 2. The largest absolute Gasteiger partial charge is 0.374 e. The minimum absolute atomic E-state index is 0.313. The zero-order chi connectivity index (χ0) is 18.2. The number of hydrogen-bond donors (Lipinski definition) is 1. The molecule has 3 rings (SSSR count). The van der Waals surface area contributed by atoms with Crippen LogP contribution in [-0.2, 0) is 22.0 Å². The molecule has 0 fully saturated rings. The van der Waals surface area contributed by atoms with E-state index >= 15 is 0 Å². The molecule has 0 radical (unpaired) electrons. The second-order valence-corrected chi connectivity index (χ2v) is 9.44. The molecule has 1 N–H and O–H groups in total. The first kappa shape index (κ1) is 18.4. The number of hydrogen-bond acceptors (Lipinski definition) is 5. The van der Waals surface area contributed by atoms with Gasteiger partial charge in [-0.1, -0.05) is 13.0 Å². The third-order valence-electron chi connectivity index (χ3n) is 4.88. The predicted molar refractivity (Wildman–Crippen MR) is 103 cm³/mol. The summed E-state index contributed by atoms with van der Waals surface area (Å²) in [6, 6.07) is 5.44. The van der Waals surface area contributed by atoms with E-state index in [9.17, 15) is 8.42 Å². The highest BCUT2D eigenvalue weighted by molar-refractivity contribution is 7.89. The Morgan fingerprint density at radius 2 is 2.16 bits per heavy atom. The van der Waals surface area contributed by atoms with Crippen molar-refractivity contribution in [2.45, 2.75) is 50.5 Å². The van der Waals surface area contributed by atoms with Crippen molar-refractivity contribution in [3.05, 3.63) is 39.8 Å². The van der Waals surface area contributed by atoms with Crippen molar-refractivity contribution < 1.29 is 8.42 Å². The summed E-state index contributed by atoms with van der Waals surface area (Å²) in [7, 11) is -1.63. The van der Waals surface area contributed by atoms with Gasteiger partial charge in [0.2, 0.25) is 10.0 Å². The lowest BCUT2D eigenvalue weighted by Crippen LogP contribution is -2.43. The van der Waals surface area contributed by atoms with Crippen LogP contribution in [0.2, 0.25) is 0 Å². The van der Waals surface area contributed by atoms with Gasteiger partial charge in [0.1, 0.15) is 5.01 Å². The van der Waals surface area contributed by atoms with Crippen LogP contribution in [0.5, 0.6) is 0 Å². The van der Waals surface area contributed by atoms with Crippen LogP contribution in [0.1, 0.15) is 43.0 Å². The molecule has 1 aliphatic heterocycles. The molecule has 1 aliphatic rings. The summed E-state index contributed by atoms with van der Waals surface area (Å²) in [5.41, 5.74) is 2.42. The Labute approximate surface area is 154 Å². The summed E-state index contributed by atoms with van der Waals surface area (Å²) >= 11 is 1.49. The fourth-order valence-corrected chi connectivity index (χ4v) is 5.65. The number of rotatable bonds is 5. The molecule has 7 heteroatoms. The number of sulfonamides is 1. The van der Waals surface area contributed by atoms with E-state index in [1.165, 1.54) is 16.9 Å². The standard InChI is InChI=1S/C18H25N3O2S2/c1-5-18(3,17-19-13(2)12-24-17)20-25(22,23)15-9-8-14-7-6-10-21(4)16(14)11-15/h8-9,11-12,20H,5-7,10H2,1-4H3. The van der Waals surface area contributed by atoms with Gasteiger partial charge in [0.15, 0.2) is 0 Å². The van der Waals surface area contributed by atoms with Crippen LogP contribution in [0.15, 0.2) is 28.5 Å². The average molecular weight is 380 g/mol. The van der Waals surface area contributed by atoms with E-state index in [0.717, 1.165) is 35.8 Å². The van der Waals surface area contributed by atoms with Gasteiger partial charge >= 0.3 is 0 Å². The van der Waals surface area contributed by atoms with E-state index in [0.29, 0.717) is 11.3 Å². The number of benzene rings is 1. The van der Waals surface area contributed by atoms with E-state index in [1.54, 1.807) is 12.1 Å². The van der Waals surface area contributed by atoms with Crippen molar-refractivity contribution in [1.82, 2.24) is 9.71 Å². The normalized spacial score (nSPS) is 17.2. The van der Waals surface area contributed by atoms with Crippen LogP contribution in [0.4, 0.5) is 5.69 Å². The molecule has 0 aliphatic carbocycles. The highest BCUT2D eigenvalue weighted by Crippen LogP contribution is 2.32. The first-order valence-electron chi connectivity index (χ1n) is 8.56. The fraction of sp³-hybridized carbons (Fsp3) is 0.500. The molecule has 0 amide bonds. The first-order valence-corrected chi connectivity index (χ1v) is 10.9. The van der Waals surface area contributed by atoms with Crippen molar-refractivity contribution in [2.24, 2.45) is 0 Å². The molecular weight excluding hydrogens is 354 g/mol. The van der Waals surface area contributed by atoms with Crippen LogP contribution >= 0.6 is 11.3 Å². The van der Waals surface area contributed by atoms with E-state index < -0.39 is 15.6 Å². The molecule has 0 saturated heterocycles. The maximum Gasteiger partial charge on any atom is 0.241 e. The van der Waals surface area contributed by atoms with Gasteiger partial charge in [-0.3, -0.25) is 0 Å². The van der Waals surface area contributed by atoms with Gasteiger partial charge in [-0.2, -0.15) is 4.72 Å². The number of nitrogens with zero attached hydrogens (tertiary/aromatic N) is 2. The number of anilines is 1. The summed E-state index contributed by atoms with van der Waals surface area (Å²) in [6.45, 7) is 6.74. The average Bonchev–Trinajstić information content (AvgIpc) is 3.02. The third-order valence-corrected chi connectivity index (χ3v) is 7.69. The monoisotopic (exact) mass is 379 g/mol. The lowest BCUT2D eigenvalue weighted by molar-refractivity contribution is 0.414. The van der Waals surface area contributed by atoms with Crippen molar-refractivity contribution in [2.75, 3.05) is 18.5 Å². The van der Waals surface area contributed by atoms with Gasteiger partial charge in [0, 0.05) is 30.4 Å². The van der Waals surface area contributed by atoms with Gasteiger partial charge in [0.05, 0.1) is 10.4 Å². The van der Waals surface area contributed by atoms with Gasteiger partial charge in [-0.25, -0.2) is 13.4 Å². The van der Waals surface area contributed by atoms with E-state index in [1.807, 2.05) is 39.3 Å². The predicted octanol–water partition coefficient (Wildman–Crippen LogP) is 3.44. The Balaban J connectivity index is 1.95. The van der Waals surface area contributed by atoms with Gasteiger partial charge in [-0.05, 0) is 50.8 Å². The fourth-order valence-electron chi connectivity index (χ4n) is 3.13. The Kier molecular flexibility index (Phi) is 4.92. The molecule has 1 unspecified atom stereocenters. The van der Waals surface area contributed by atoms with Crippen molar-refractivity contribution >= 4 is 27.0 Å². The molecule has 2 heterocycles. The minimum Gasteiger partial charge on any atom is -0.374 e. The molecule has 1 aromatic heterocycles. The number of aromatic nitrogens is 1. The highest BCUT2D eigenvalue weighted by atomic mass is 32.2. The van der Waals surface area contributed by atoms with Crippen LogP contribution in [-0.4, -0.2) is 27.0 Å². The summed E-state index contributed by atoms with van der Waals surface area (Å²) < 4.78 is 28.9. The molecule has 0 bridgehead atoms. The Morgan fingerprint density at radius 3 is 2.80 bits per heavy atom. The molecule has 0 saturated carbocycles. The van der Waals surface area contributed by atoms with E-state index in [4.69, 9.17) is 0 Å². The second kappa shape index (κ2) is 6.70. The lowest BCUT2D eigenvalue weighted by atomic mass is 10.0. The van der Waals surface area contributed by atoms with E-state index in [-0.39, 0.29) is 0 Å². The van der Waals surface area contributed by atoms with Gasteiger partial charge in [0.25, 0.3) is 0 Å². The highest BCUT2D eigenvalue weighted by Gasteiger charge is 2.34. The second-order valence-electron chi connectivity index (χ2n) is 6.90. The number of fused-ring (bicyclic) bond motifs is 1. The molecule has 25 heavy (non-hydrogen) atoms. The first-order chi connectivity index (χ1) is 11.7. The van der Waals surface area contributed by atoms with Crippen LogP contribution < -0.4 is 9.62 Å².